The fourth-order valence-electron chi connectivity index (χ4n) is 2.83. The number of ether oxygens (including phenoxy) is 1. The van der Waals surface area contributed by atoms with Crippen molar-refractivity contribution in [3.05, 3.63) is 5.89 Å². The van der Waals surface area contributed by atoms with E-state index in [0.29, 0.717) is 30.6 Å². The number of anilines is 1. The minimum atomic E-state index is 0.350. The molecule has 2 unspecified atom stereocenters. The fraction of sp³-hybridized carbons (Fsp3) is 0.833. The van der Waals surface area contributed by atoms with Crippen LogP contribution in [0.3, 0.4) is 0 Å². The largest absolute Gasteiger partial charge is 0.407 e. The van der Waals surface area contributed by atoms with E-state index in [-0.39, 0.29) is 0 Å². The van der Waals surface area contributed by atoms with Crippen LogP contribution in [0.4, 0.5) is 6.01 Å². The summed E-state index contributed by atoms with van der Waals surface area (Å²) in [6.07, 6.45) is 3.89. The smallest absolute Gasteiger partial charge is 0.318 e. The van der Waals surface area contributed by atoms with Crippen molar-refractivity contribution in [2.75, 3.05) is 24.6 Å². The Morgan fingerprint density at radius 2 is 2.33 bits per heavy atom. The number of aromatic nitrogens is 2. The normalized spacial score (nSPS) is 27.5. The van der Waals surface area contributed by atoms with Crippen LogP contribution in [-0.2, 0) is 11.3 Å². The molecule has 6 heteroatoms. The van der Waals surface area contributed by atoms with Gasteiger partial charge in [-0.2, -0.15) is 0 Å². The number of fused-ring (bicyclic) bond motifs is 1. The first-order valence-corrected chi connectivity index (χ1v) is 6.80. The van der Waals surface area contributed by atoms with Gasteiger partial charge in [-0.3, -0.25) is 0 Å². The first kappa shape index (κ1) is 11.9. The Kier molecular flexibility index (Phi) is 3.47. The third kappa shape index (κ3) is 2.22. The standard InChI is InChI=1S/C12H20N4O2/c1-2-13-8-11-14-15-12(18-11)16-6-7-17-10-5-3-4-9(10)16/h9-10,13H,2-8H2,1H3. The number of morpholine rings is 1. The van der Waals surface area contributed by atoms with Crippen LogP contribution in [0.1, 0.15) is 32.1 Å². The minimum Gasteiger partial charge on any atom is -0.407 e. The first-order chi connectivity index (χ1) is 8.88. The van der Waals surface area contributed by atoms with Gasteiger partial charge in [-0.25, -0.2) is 0 Å². The Labute approximate surface area is 107 Å². The lowest BCUT2D eigenvalue weighted by molar-refractivity contribution is 0.0235. The highest BCUT2D eigenvalue weighted by Crippen LogP contribution is 2.32. The Morgan fingerprint density at radius 3 is 3.22 bits per heavy atom. The molecular weight excluding hydrogens is 232 g/mol. The van der Waals surface area contributed by atoms with Gasteiger partial charge in [0, 0.05) is 6.54 Å². The topological polar surface area (TPSA) is 63.4 Å². The van der Waals surface area contributed by atoms with E-state index in [2.05, 4.69) is 27.3 Å². The summed E-state index contributed by atoms with van der Waals surface area (Å²) >= 11 is 0. The van der Waals surface area contributed by atoms with Gasteiger partial charge in [-0.05, 0) is 25.8 Å². The molecule has 2 aliphatic rings. The summed E-state index contributed by atoms with van der Waals surface area (Å²) in [5, 5.41) is 11.4. The van der Waals surface area contributed by atoms with Crippen molar-refractivity contribution in [2.45, 2.75) is 44.9 Å². The zero-order chi connectivity index (χ0) is 12.4. The molecule has 1 aromatic rings. The zero-order valence-electron chi connectivity index (χ0n) is 10.8. The van der Waals surface area contributed by atoms with Crippen molar-refractivity contribution in [3.63, 3.8) is 0 Å². The fourth-order valence-corrected chi connectivity index (χ4v) is 2.83. The van der Waals surface area contributed by atoms with Gasteiger partial charge < -0.3 is 19.4 Å². The summed E-state index contributed by atoms with van der Waals surface area (Å²) in [4.78, 5) is 2.23. The third-order valence-corrected chi connectivity index (χ3v) is 3.71. The molecule has 0 amide bonds. The highest BCUT2D eigenvalue weighted by Gasteiger charge is 2.38. The van der Waals surface area contributed by atoms with Gasteiger partial charge in [0.25, 0.3) is 0 Å². The average Bonchev–Trinajstić information content (AvgIpc) is 3.04. The van der Waals surface area contributed by atoms with Crippen LogP contribution < -0.4 is 10.2 Å². The molecule has 1 N–H and O–H groups in total. The summed E-state index contributed by atoms with van der Waals surface area (Å²) in [5.41, 5.74) is 0. The molecule has 2 heterocycles. The molecule has 2 fully saturated rings. The van der Waals surface area contributed by atoms with Crippen molar-refractivity contribution in [2.24, 2.45) is 0 Å². The van der Waals surface area contributed by atoms with E-state index < -0.39 is 0 Å². The van der Waals surface area contributed by atoms with Crippen molar-refractivity contribution in [1.29, 1.82) is 0 Å². The molecule has 0 bridgehead atoms. The molecule has 1 aromatic heterocycles. The molecule has 1 aliphatic carbocycles. The third-order valence-electron chi connectivity index (χ3n) is 3.71. The summed E-state index contributed by atoms with van der Waals surface area (Å²) < 4.78 is 11.5. The summed E-state index contributed by atoms with van der Waals surface area (Å²) in [6.45, 7) is 5.21. The molecule has 100 valence electrons. The van der Waals surface area contributed by atoms with E-state index in [9.17, 15) is 0 Å². The Hall–Kier alpha value is -1.14. The summed E-state index contributed by atoms with van der Waals surface area (Å²) in [5.74, 6) is 0.660. The maximum absolute atomic E-state index is 5.78. The molecule has 0 radical (unpaired) electrons. The molecule has 2 atom stereocenters. The van der Waals surface area contributed by atoms with E-state index >= 15 is 0 Å². The lowest BCUT2D eigenvalue weighted by Crippen LogP contribution is -2.48. The van der Waals surface area contributed by atoms with Crippen LogP contribution in [0.5, 0.6) is 0 Å². The number of hydrogen-bond acceptors (Lipinski definition) is 6. The van der Waals surface area contributed by atoms with E-state index in [1.54, 1.807) is 0 Å². The number of nitrogens with zero attached hydrogens (tertiary/aromatic N) is 3. The maximum atomic E-state index is 5.78. The van der Waals surface area contributed by atoms with Gasteiger partial charge in [0.2, 0.25) is 5.89 Å². The van der Waals surface area contributed by atoms with Crippen LogP contribution in [0.15, 0.2) is 4.42 Å². The molecule has 1 aliphatic heterocycles. The molecule has 1 saturated heterocycles. The van der Waals surface area contributed by atoms with Crippen LogP contribution in [-0.4, -0.2) is 42.0 Å². The number of hydrogen-bond donors (Lipinski definition) is 1. The van der Waals surface area contributed by atoms with Gasteiger partial charge in [0.05, 0.1) is 25.3 Å². The van der Waals surface area contributed by atoms with Crippen LogP contribution in [0.2, 0.25) is 0 Å². The van der Waals surface area contributed by atoms with Gasteiger partial charge in [-0.15, -0.1) is 5.10 Å². The molecular formula is C12H20N4O2. The number of rotatable bonds is 4. The molecule has 0 spiro atoms. The van der Waals surface area contributed by atoms with Crippen molar-refractivity contribution in [3.8, 4) is 0 Å². The van der Waals surface area contributed by atoms with Gasteiger partial charge in [0.1, 0.15) is 0 Å². The van der Waals surface area contributed by atoms with Crippen LogP contribution in [0.25, 0.3) is 0 Å². The van der Waals surface area contributed by atoms with Crippen LogP contribution >= 0.6 is 0 Å². The Balaban J connectivity index is 1.71. The molecule has 0 aromatic carbocycles. The van der Waals surface area contributed by atoms with Gasteiger partial charge in [0.15, 0.2) is 0 Å². The molecule has 6 nitrogen and oxygen atoms in total. The van der Waals surface area contributed by atoms with Gasteiger partial charge >= 0.3 is 6.01 Å². The molecule has 1 saturated carbocycles. The Morgan fingerprint density at radius 1 is 1.39 bits per heavy atom. The zero-order valence-corrected chi connectivity index (χ0v) is 10.8. The highest BCUT2D eigenvalue weighted by molar-refractivity contribution is 5.29. The predicted octanol–water partition coefficient (Wildman–Crippen LogP) is 0.937. The maximum Gasteiger partial charge on any atom is 0.318 e. The monoisotopic (exact) mass is 252 g/mol. The second-order valence-corrected chi connectivity index (χ2v) is 4.86. The van der Waals surface area contributed by atoms with E-state index in [4.69, 9.17) is 9.15 Å². The van der Waals surface area contributed by atoms with E-state index in [1.807, 2.05) is 0 Å². The van der Waals surface area contributed by atoms with Gasteiger partial charge in [-0.1, -0.05) is 12.0 Å². The van der Waals surface area contributed by atoms with Crippen molar-refractivity contribution >= 4 is 6.01 Å². The molecule has 3 rings (SSSR count). The second-order valence-electron chi connectivity index (χ2n) is 4.86. The number of nitrogens with one attached hydrogen (secondary N) is 1. The summed E-state index contributed by atoms with van der Waals surface area (Å²) in [7, 11) is 0. The highest BCUT2D eigenvalue weighted by atomic mass is 16.5. The quantitative estimate of drug-likeness (QED) is 0.860. The first-order valence-electron chi connectivity index (χ1n) is 6.80. The summed E-state index contributed by atoms with van der Waals surface area (Å²) in [6, 6.07) is 1.08. The van der Waals surface area contributed by atoms with Crippen molar-refractivity contribution in [1.82, 2.24) is 15.5 Å². The van der Waals surface area contributed by atoms with E-state index in [1.165, 1.54) is 6.42 Å². The average molecular weight is 252 g/mol. The SMILES string of the molecule is CCNCc1nnc(N2CCOC3CCCC32)o1. The van der Waals surface area contributed by atoms with E-state index in [0.717, 1.165) is 32.5 Å². The minimum absolute atomic E-state index is 0.350. The van der Waals surface area contributed by atoms with Crippen LogP contribution in [0, 0.1) is 0 Å². The predicted molar refractivity (Wildman–Crippen MR) is 66.4 cm³/mol. The lowest BCUT2D eigenvalue weighted by Gasteiger charge is -2.36. The van der Waals surface area contributed by atoms with Crippen molar-refractivity contribution < 1.29 is 9.15 Å². The lowest BCUT2D eigenvalue weighted by atomic mass is 10.1. The molecule has 18 heavy (non-hydrogen) atoms. The Bertz CT molecular complexity index is 395. The second kappa shape index (κ2) is 5.24.